The zero-order valence-corrected chi connectivity index (χ0v) is 19.9. The largest absolute Gasteiger partial charge is 0.381 e. The molecule has 1 heterocycles. The number of amides is 1. The van der Waals surface area contributed by atoms with E-state index >= 15 is 0 Å². The van der Waals surface area contributed by atoms with Crippen LogP contribution < -0.4 is 10.6 Å². The molecule has 1 amide bonds. The Bertz CT molecular complexity index is 471. The van der Waals surface area contributed by atoms with Gasteiger partial charge in [-0.25, -0.2) is 4.99 Å². The number of likely N-dealkylation sites (N-methyl/N-ethyl adjacent to an activating group) is 1. The Labute approximate surface area is 182 Å². The lowest BCUT2D eigenvalue weighted by molar-refractivity contribution is -0.127. The van der Waals surface area contributed by atoms with Gasteiger partial charge in [0.05, 0.1) is 6.61 Å². The van der Waals surface area contributed by atoms with Gasteiger partial charge in [-0.15, -0.1) is 24.0 Å². The van der Waals surface area contributed by atoms with Gasteiger partial charge in [-0.1, -0.05) is 26.7 Å². The van der Waals surface area contributed by atoms with Crippen molar-refractivity contribution in [1.82, 2.24) is 15.5 Å². The van der Waals surface area contributed by atoms with Gasteiger partial charge in [0, 0.05) is 39.7 Å². The third-order valence-corrected chi connectivity index (χ3v) is 5.59. The lowest BCUT2D eigenvalue weighted by Gasteiger charge is -2.32. The Morgan fingerprint density at radius 2 is 1.96 bits per heavy atom. The van der Waals surface area contributed by atoms with Crippen molar-refractivity contribution in [2.24, 2.45) is 22.2 Å². The maximum atomic E-state index is 11.9. The van der Waals surface area contributed by atoms with Gasteiger partial charge in [-0.3, -0.25) is 4.79 Å². The molecule has 2 rings (SSSR count). The van der Waals surface area contributed by atoms with Crippen LogP contribution in [0.15, 0.2) is 4.99 Å². The Balaban J connectivity index is 0.00000364. The molecule has 1 aliphatic carbocycles. The van der Waals surface area contributed by atoms with E-state index in [1.807, 2.05) is 0 Å². The number of carbonyl (C=O) groups excluding carboxylic acids is 1. The van der Waals surface area contributed by atoms with Crippen LogP contribution in [0.5, 0.6) is 0 Å². The summed E-state index contributed by atoms with van der Waals surface area (Å²) in [6.45, 7) is 8.25. The van der Waals surface area contributed by atoms with Crippen molar-refractivity contribution in [2.45, 2.75) is 52.4 Å². The Morgan fingerprint density at radius 3 is 2.52 bits per heavy atom. The fraction of sp³-hybridized carbons (Fsp3) is 0.900. The molecule has 1 aliphatic heterocycles. The Hall–Kier alpha value is -0.570. The summed E-state index contributed by atoms with van der Waals surface area (Å²) < 4.78 is 5.46. The van der Waals surface area contributed by atoms with Crippen LogP contribution in [0.4, 0.5) is 0 Å². The third-order valence-electron chi connectivity index (χ3n) is 5.59. The van der Waals surface area contributed by atoms with E-state index in [1.165, 1.54) is 32.1 Å². The van der Waals surface area contributed by atoms with Crippen LogP contribution in [0.2, 0.25) is 0 Å². The average Bonchev–Trinajstić information content (AvgIpc) is 3.25. The molecule has 2 fully saturated rings. The SMILES string of the molecule is CC(C)CC1(CNC(=NCC(=O)N(C)C)NCC2CCOC2)CCCC1.I. The number of nitrogens with one attached hydrogen (secondary N) is 2. The van der Waals surface area contributed by atoms with Crippen molar-refractivity contribution in [3.63, 3.8) is 0 Å². The fourth-order valence-corrected chi connectivity index (χ4v) is 4.16. The zero-order valence-electron chi connectivity index (χ0n) is 17.6. The van der Waals surface area contributed by atoms with Gasteiger partial charge in [0.2, 0.25) is 5.91 Å². The third kappa shape index (κ3) is 8.54. The molecule has 0 bridgehead atoms. The number of nitrogens with zero attached hydrogens (tertiary/aromatic N) is 2. The summed E-state index contributed by atoms with van der Waals surface area (Å²) in [5.74, 6) is 2.02. The summed E-state index contributed by atoms with van der Waals surface area (Å²) >= 11 is 0. The number of hydrogen-bond donors (Lipinski definition) is 2. The van der Waals surface area contributed by atoms with Gasteiger partial charge in [-0.2, -0.15) is 0 Å². The lowest BCUT2D eigenvalue weighted by Crippen LogP contribution is -2.45. The predicted molar refractivity (Wildman–Crippen MR) is 122 cm³/mol. The summed E-state index contributed by atoms with van der Waals surface area (Å²) in [6, 6.07) is 0. The first-order valence-electron chi connectivity index (χ1n) is 10.2. The van der Waals surface area contributed by atoms with Gasteiger partial charge in [0.15, 0.2) is 5.96 Å². The molecule has 1 atom stereocenters. The van der Waals surface area contributed by atoms with Gasteiger partial charge in [0.25, 0.3) is 0 Å². The highest BCUT2D eigenvalue weighted by Crippen LogP contribution is 2.42. The molecule has 6 nitrogen and oxygen atoms in total. The number of guanidine groups is 1. The summed E-state index contributed by atoms with van der Waals surface area (Å²) in [5, 5.41) is 6.99. The van der Waals surface area contributed by atoms with Crippen LogP contribution in [0, 0.1) is 17.3 Å². The smallest absolute Gasteiger partial charge is 0.243 e. The van der Waals surface area contributed by atoms with Gasteiger partial charge in [0.1, 0.15) is 6.54 Å². The quantitative estimate of drug-likeness (QED) is 0.310. The molecule has 1 saturated heterocycles. The molecule has 2 N–H and O–H groups in total. The molecule has 0 spiro atoms. The van der Waals surface area contributed by atoms with E-state index in [-0.39, 0.29) is 36.4 Å². The zero-order chi connectivity index (χ0) is 19.0. The lowest BCUT2D eigenvalue weighted by atomic mass is 9.78. The van der Waals surface area contributed by atoms with Crippen molar-refractivity contribution in [3.05, 3.63) is 0 Å². The van der Waals surface area contributed by atoms with E-state index in [0.29, 0.717) is 17.3 Å². The molecule has 0 aromatic heterocycles. The summed E-state index contributed by atoms with van der Waals surface area (Å²) in [4.78, 5) is 18.0. The predicted octanol–water partition coefficient (Wildman–Crippen LogP) is 2.87. The van der Waals surface area contributed by atoms with Crippen molar-refractivity contribution < 1.29 is 9.53 Å². The summed E-state index contributed by atoms with van der Waals surface area (Å²) in [7, 11) is 3.54. The van der Waals surface area contributed by atoms with Crippen molar-refractivity contribution in [1.29, 1.82) is 0 Å². The first-order chi connectivity index (χ1) is 12.4. The number of hydrogen-bond acceptors (Lipinski definition) is 3. The number of ether oxygens (including phenoxy) is 1. The molecule has 1 unspecified atom stereocenters. The first kappa shape index (κ1) is 24.5. The van der Waals surface area contributed by atoms with Gasteiger partial charge < -0.3 is 20.3 Å². The van der Waals surface area contributed by atoms with Crippen LogP contribution in [0.3, 0.4) is 0 Å². The fourth-order valence-electron chi connectivity index (χ4n) is 4.16. The minimum absolute atomic E-state index is 0. The van der Waals surface area contributed by atoms with Crippen molar-refractivity contribution >= 4 is 35.8 Å². The van der Waals surface area contributed by atoms with E-state index in [4.69, 9.17) is 4.74 Å². The van der Waals surface area contributed by atoms with Gasteiger partial charge >= 0.3 is 0 Å². The van der Waals surface area contributed by atoms with Gasteiger partial charge in [-0.05, 0) is 37.0 Å². The van der Waals surface area contributed by atoms with E-state index < -0.39 is 0 Å². The molecule has 158 valence electrons. The number of aliphatic imine (C=N–C) groups is 1. The minimum Gasteiger partial charge on any atom is -0.381 e. The highest BCUT2D eigenvalue weighted by Gasteiger charge is 2.34. The minimum atomic E-state index is 0. The Kier molecular flexibility index (Phi) is 11.0. The standard InChI is InChI=1S/C20H38N4O2.HI/c1-16(2)11-20(8-5-6-9-20)15-23-19(22-13-18(25)24(3)4)21-12-17-7-10-26-14-17;/h16-17H,5-15H2,1-4H3,(H2,21,22,23);1H. The molecule has 0 aromatic rings. The first-order valence-corrected chi connectivity index (χ1v) is 10.2. The van der Waals surface area contributed by atoms with Crippen LogP contribution in [0.1, 0.15) is 52.4 Å². The van der Waals surface area contributed by atoms with Crippen molar-refractivity contribution in [2.75, 3.05) is 46.9 Å². The Morgan fingerprint density at radius 1 is 1.26 bits per heavy atom. The van der Waals surface area contributed by atoms with E-state index in [1.54, 1.807) is 19.0 Å². The van der Waals surface area contributed by atoms with Crippen molar-refractivity contribution in [3.8, 4) is 0 Å². The normalized spacial score (nSPS) is 21.8. The second-order valence-electron chi connectivity index (χ2n) is 8.72. The monoisotopic (exact) mass is 494 g/mol. The molecule has 1 saturated carbocycles. The molecule has 7 heteroatoms. The van der Waals surface area contributed by atoms with E-state index in [9.17, 15) is 4.79 Å². The maximum absolute atomic E-state index is 11.9. The molecule has 27 heavy (non-hydrogen) atoms. The molecule has 2 aliphatic rings. The molecule has 0 aromatic carbocycles. The van der Waals surface area contributed by atoms with Crippen LogP contribution in [-0.2, 0) is 9.53 Å². The van der Waals surface area contributed by atoms with E-state index in [2.05, 4.69) is 29.5 Å². The topological polar surface area (TPSA) is 66.0 Å². The summed E-state index contributed by atoms with van der Waals surface area (Å²) in [6.07, 6.45) is 7.57. The maximum Gasteiger partial charge on any atom is 0.243 e. The number of halogens is 1. The molecular formula is C20H39IN4O2. The summed E-state index contributed by atoms with van der Waals surface area (Å²) in [5.41, 5.74) is 0.374. The highest BCUT2D eigenvalue weighted by molar-refractivity contribution is 14.0. The second kappa shape index (κ2) is 12.1. The van der Waals surface area contributed by atoms with Crippen LogP contribution >= 0.6 is 24.0 Å². The average molecular weight is 494 g/mol. The van der Waals surface area contributed by atoms with Crippen LogP contribution in [0.25, 0.3) is 0 Å². The molecular weight excluding hydrogens is 455 g/mol. The van der Waals surface area contributed by atoms with E-state index in [0.717, 1.165) is 38.7 Å². The second-order valence-corrected chi connectivity index (χ2v) is 8.72. The number of rotatable bonds is 8. The molecule has 0 radical (unpaired) electrons. The van der Waals surface area contributed by atoms with Crippen LogP contribution in [-0.4, -0.2) is 63.7 Å². The number of carbonyl (C=O) groups is 1. The highest BCUT2D eigenvalue weighted by atomic mass is 127.